The number of rotatable bonds is 6. The molecule has 3 heterocycles. The van der Waals surface area contributed by atoms with Crippen molar-refractivity contribution in [2.24, 2.45) is 5.92 Å². The number of aromatic nitrogens is 3. The molecule has 7 nitrogen and oxygen atoms in total. The van der Waals surface area contributed by atoms with Crippen LogP contribution in [0.5, 0.6) is 5.88 Å². The quantitative estimate of drug-likeness (QED) is 0.553. The van der Waals surface area contributed by atoms with Crippen molar-refractivity contribution in [2.75, 3.05) is 12.3 Å². The maximum atomic E-state index is 14.7. The van der Waals surface area contributed by atoms with Gasteiger partial charge in [0.2, 0.25) is 11.8 Å². The SMILES string of the molecule is CC.Nc1ccc(-c2nc(-c3ccc(OCC4CC4)nc3)cc(C(=O)O)c2F)nc1F. The van der Waals surface area contributed by atoms with Gasteiger partial charge in [0.1, 0.15) is 5.69 Å². The molecule has 4 rings (SSSR count). The van der Waals surface area contributed by atoms with Gasteiger partial charge in [-0.3, -0.25) is 0 Å². The normalized spacial score (nSPS) is 12.6. The minimum absolute atomic E-state index is 0.152. The summed E-state index contributed by atoms with van der Waals surface area (Å²) >= 11 is 0. The zero-order valence-corrected chi connectivity index (χ0v) is 17.1. The van der Waals surface area contributed by atoms with Crippen molar-refractivity contribution in [3.8, 4) is 28.5 Å². The molecule has 1 aliphatic carbocycles. The lowest BCUT2D eigenvalue weighted by Crippen LogP contribution is -2.07. The molecule has 0 aliphatic heterocycles. The Kier molecular flexibility index (Phi) is 6.74. The number of ether oxygens (including phenoxy) is 1. The van der Waals surface area contributed by atoms with Gasteiger partial charge in [-0.2, -0.15) is 4.39 Å². The van der Waals surface area contributed by atoms with Crippen molar-refractivity contribution >= 4 is 11.7 Å². The Hall–Kier alpha value is -3.62. The summed E-state index contributed by atoms with van der Waals surface area (Å²) in [5, 5.41) is 9.36. The molecule has 0 bridgehead atoms. The number of carbonyl (C=O) groups is 1. The van der Waals surface area contributed by atoms with Gasteiger partial charge in [0.25, 0.3) is 0 Å². The minimum Gasteiger partial charge on any atom is -0.478 e. The Morgan fingerprint density at radius 2 is 1.90 bits per heavy atom. The maximum Gasteiger partial charge on any atom is 0.338 e. The fourth-order valence-corrected chi connectivity index (χ4v) is 2.68. The third kappa shape index (κ3) is 5.11. The summed E-state index contributed by atoms with van der Waals surface area (Å²) in [4.78, 5) is 23.4. The summed E-state index contributed by atoms with van der Waals surface area (Å²) in [6, 6.07) is 6.84. The first kappa shape index (κ1) is 22.1. The van der Waals surface area contributed by atoms with Crippen molar-refractivity contribution in [1.82, 2.24) is 15.0 Å². The highest BCUT2D eigenvalue weighted by molar-refractivity contribution is 5.91. The van der Waals surface area contributed by atoms with Crippen LogP contribution in [-0.4, -0.2) is 32.6 Å². The number of anilines is 1. The molecule has 3 aromatic heterocycles. The highest BCUT2D eigenvalue weighted by Crippen LogP contribution is 2.30. The van der Waals surface area contributed by atoms with E-state index in [1.54, 1.807) is 12.1 Å². The van der Waals surface area contributed by atoms with Crippen LogP contribution in [0.1, 0.15) is 37.0 Å². The van der Waals surface area contributed by atoms with Gasteiger partial charge in [-0.05, 0) is 43.0 Å². The topological polar surface area (TPSA) is 111 Å². The number of carboxylic acids is 1. The van der Waals surface area contributed by atoms with E-state index in [-0.39, 0.29) is 17.1 Å². The molecule has 0 atom stereocenters. The number of pyridine rings is 3. The van der Waals surface area contributed by atoms with Crippen LogP contribution in [0.2, 0.25) is 0 Å². The van der Waals surface area contributed by atoms with Crippen molar-refractivity contribution in [3.63, 3.8) is 0 Å². The molecular formula is C22H22F2N4O3. The summed E-state index contributed by atoms with van der Waals surface area (Å²) in [5.74, 6) is -2.59. The van der Waals surface area contributed by atoms with Crippen LogP contribution in [0.4, 0.5) is 14.5 Å². The lowest BCUT2D eigenvalue weighted by Gasteiger charge is -2.10. The number of hydrogen-bond donors (Lipinski definition) is 2. The molecule has 1 aliphatic rings. The summed E-state index contributed by atoms with van der Waals surface area (Å²) in [5.41, 5.74) is 4.61. The molecule has 1 saturated carbocycles. The summed E-state index contributed by atoms with van der Waals surface area (Å²) in [7, 11) is 0. The second-order valence-corrected chi connectivity index (χ2v) is 6.74. The molecule has 0 saturated heterocycles. The Labute approximate surface area is 177 Å². The molecule has 3 N–H and O–H groups in total. The summed E-state index contributed by atoms with van der Waals surface area (Å²) < 4.78 is 34.0. The number of hydrogen-bond acceptors (Lipinski definition) is 6. The van der Waals surface area contributed by atoms with Gasteiger partial charge in [0, 0.05) is 17.8 Å². The van der Waals surface area contributed by atoms with Crippen molar-refractivity contribution < 1.29 is 23.4 Å². The Bertz CT molecular complexity index is 1090. The van der Waals surface area contributed by atoms with Crippen LogP contribution in [0.3, 0.4) is 0 Å². The van der Waals surface area contributed by atoms with Crippen LogP contribution in [0.15, 0.2) is 36.5 Å². The summed E-state index contributed by atoms with van der Waals surface area (Å²) in [6.07, 6.45) is 3.76. The van der Waals surface area contributed by atoms with Crippen molar-refractivity contribution in [1.29, 1.82) is 0 Å². The lowest BCUT2D eigenvalue weighted by atomic mass is 10.1. The van der Waals surface area contributed by atoms with Crippen LogP contribution in [-0.2, 0) is 0 Å². The van der Waals surface area contributed by atoms with Gasteiger partial charge < -0.3 is 15.6 Å². The van der Waals surface area contributed by atoms with E-state index in [4.69, 9.17) is 10.5 Å². The molecule has 1 fully saturated rings. The Morgan fingerprint density at radius 1 is 1.16 bits per heavy atom. The van der Waals surface area contributed by atoms with E-state index in [1.165, 1.54) is 18.3 Å². The zero-order chi connectivity index (χ0) is 22.5. The molecule has 162 valence electrons. The molecule has 0 amide bonds. The highest BCUT2D eigenvalue weighted by Gasteiger charge is 2.23. The smallest absolute Gasteiger partial charge is 0.338 e. The minimum atomic E-state index is -1.49. The van der Waals surface area contributed by atoms with E-state index < -0.39 is 29.0 Å². The Morgan fingerprint density at radius 3 is 2.48 bits per heavy atom. The largest absolute Gasteiger partial charge is 0.478 e. The third-order valence-electron chi connectivity index (χ3n) is 4.50. The van der Waals surface area contributed by atoms with Crippen molar-refractivity contribution in [3.05, 3.63) is 53.9 Å². The number of nitrogen functional groups attached to an aromatic ring is 1. The average Bonchev–Trinajstić information content (AvgIpc) is 3.61. The molecule has 0 unspecified atom stereocenters. The fraction of sp³-hybridized carbons (Fsp3) is 0.273. The number of nitrogens with zero attached hydrogens (tertiary/aromatic N) is 3. The standard InChI is InChI=1S/C20H16F2N4O3.C2H6/c21-17-12(20(27)28)7-15(25-18(17)14-5-4-13(23)19(22)26-14)11-3-6-16(24-8-11)29-9-10-1-2-10;1-2/h3-8,10H,1-2,9,23H2,(H,27,28);1-2H3. The molecular weight excluding hydrogens is 406 g/mol. The first-order valence-electron chi connectivity index (χ1n) is 9.88. The monoisotopic (exact) mass is 428 g/mol. The van der Waals surface area contributed by atoms with Gasteiger partial charge in [-0.25, -0.2) is 24.1 Å². The predicted molar refractivity (Wildman–Crippen MR) is 112 cm³/mol. The second kappa shape index (κ2) is 9.46. The maximum absolute atomic E-state index is 14.7. The Balaban J connectivity index is 0.00000132. The van der Waals surface area contributed by atoms with E-state index in [0.717, 1.165) is 18.9 Å². The first-order valence-corrected chi connectivity index (χ1v) is 9.88. The van der Waals surface area contributed by atoms with E-state index in [0.29, 0.717) is 24.0 Å². The lowest BCUT2D eigenvalue weighted by molar-refractivity contribution is 0.0692. The number of carboxylic acid groups (broad SMARTS) is 1. The van der Waals surface area contributed by atoms with Crippen LogP contribution in [0.25, 0.3) is 22.6 Å². The molecule has 0 aromatic carbocycles. The number of nitrogens with two attached hydrogens (primary N) is 1. The second-order valence-electron chi connectivity index (χ2n) is 6.74. The molecule has 9 heteroatoms. The van der Waals surface area contributed by atoms with Crippen LogP contribution in [0, 0.1) is 17.7 Å². The first-order chi connectivity index (χ1) is 14.9. The van der Waals surface area contributed by atoms with Crippen LogP contribution < -0.4 is 10.5 Å². The van der Waals surface area contributed by atoms with Gasteiger partial charge in [0.15, 0.2) is 5.82 Å². The fourth-order valence-electron chi connectivity index (χ4n) is 2.68. The molecule has 31 heavy (non-hydrogen) atoms. The van der Waals surface area contributed by atoms with E-state index >= 15 is 0 Å². The van der Waals surface area contributed by atoms with E-state index in [9.17, 15) is 18.7 Å². The average molecular weight is 428 g/mol. The molecule has 0 spiro atoms. The van der Waals surface area contributed by atoms with Gasteiger partial charge >= 0.3 is 5.97 Å². The zero-order valence-electron chi connectivity index (χ0n) is 17.1. The number of halogens is 2. The third-order valence-corrected chi connectivity index (χ3v) is 4.50. The van der Waals surface area contributed by atoms with E-state index in [2.05, 4.69) is 15.0 Å². The van der Waals surface area contributed by atoms with Gasteiger partial charge in [-0.1, -0.05) is 13.8 Å². The van der Waals surface area contributed by atoms with Crippen molar-refractivity contribution in [2.45, 2.75) is 26.7 Å². The highest BCUT2D eigenvalue weighted by atomic mass is 19.1. The molecule has 0 radical (unpaired) electrons. The number of aromatic carboxylic acids is 1. The van der Waals surface area contributed by atoms with Gasteiger partial charge in [0.05, 0.1) is 29.2 Å². The molecule has 3 aromatic rings. The van der Waals surface area contributed by atoms with Gasteiger partial charge in [-0.15, -0.1) is 0 Å². The van der Waals surface area contributed by atoms with Crippen LogP contribution >= 0.6 is 0 Å². The summed E-state index contributed by atoms with van der Waals surface area (Å²) in [6.45, 7) is 4.60. The van der Waals surface area contributed by atoms with E-state index in [1.807, 2.05) is 13.8 Å². The predicted octanol–water partition coefficient (Wildman–Crippen LogP) is 4.58.